The number of nitriles is 1. The number of benzene rings is 2. The van der Waals surface area contributed by atoms with Gasteiger partial charge in [-0.1, -0.05) is 17.7 Å². The van der Waals surface area contributed by atoms with E-state index in [0.29, 0.717) is 11.4 Å². The summed E-state index contributed by atoms with van der Waals surface area (Å²) in [7, 11) is 0. The number of nitrogens with one attached hydrogen (secondary N) is 1. The van der Waals surface area contributed by atoms with E-state index in [9.17, 15) is 13.2 Å². The van der Waals surface area contributed by atoms with Gasteiger partial charge in [0.1, 0.15) is 0 Å². The first-order valence-electron chi connectivity index (χ1n) is 5.75. The number of alkyl halides is 3. The first-order chi connectivity index (χ1) is 9.82. The van der Waals surface area contributed by atoms with E-state index in [1.165, 1.54) is 12.1 Å². The third-order valence-electron chi connectivity index (χ3n) is 2.76. The van der Waals surface area contributed by atoms with Gasteiger partial charge in [-0.25, -0.2) is 0 Å². The molecule has 0 aliphatic rings. The minimum absolute atomic E-state index is 0.140. The Labute approximate surface area is 123 Å². The van der Waals surface area contributed by atoms with Crippen LogP contribution in [-0.2, 0) is 6.18 Å². The molecule has 0 saturated heterocycles. The van der Waals surface area contributed by atoms with E-state index >= 15 is 0 Å². The fourth-order valence-electron chi connectivity index (χ4n) is 1.77. The Hall–Kier alpha value is -2.39. The zero-order valence-electron chi connectivity index (χ0n) is 10.5. The number of hydrogen-bond donors (Lipinski definition) is 2. The van der Waals surface area contributed by atoms with Gasteiger partial charge in [-0.2, -0.15) is 18.4 Å². The Morgan fingerprint density at radius 3 is 2.48 bits per heavy atom. The lowest BCUT2D eigenvalue weighted by Crippen LogP contribution is -2.08. The second-order valence-electron chi connectivity index (χ2n) is 4.20. The van der Waals surface area contributed by atoms with Gasteiger partial charge >= 0.3 is 6.18 Å². The average Bonchev–Trinajstić information content (AvgIpc) is 2.42. The van der Waals surface area contributed by atoms with Crippen LogP contribution >= 0.6 is 11.6 Å². The molecule has 0 atom stereocenters. The minimum Gasteiger partial charge on any atom is -0.397 e. The number of nitrogens with two attached hydrogens (primary N) is 1. The van der Waals surface area contributed by atoms with E-state index in [1.54, 1.807) is 18.2 Å². The maximum Gasteiger partial charge on any atom is 0.417 e. The molecule has 0 saturated carbocycles. The lowest BCUT2D eigenvalue weighted by molar-refractivity contribution is -0.137. The molecule has 2 rings (SSSR count). The van der Waals surface area contributed by atoms with Gasteiger partial charge in [-0.15, -0.1) is 0 Å². The van der Waals surface area contributed by atoms with Crippen molar-refractivity contribution in [1.82, 2.24) is 0 Å². The quantitative estimate of drug-likeness (QED) is 0.799. The number of nitrogen functional groups attached to an aromatic ring is 1. The normalized spacial score (nSPS) is 11.0. The van der Waals surface area contributed by atoms with E-state index in [4.69, 9.17) is 22.6 Å². The average molecular weight is 312 g/mol. The second-order valence-corrected chi connectivity index (χ2v) is 4.61. The molecule has 0 amide bonds. The van der Waals surface area contributed by atoms with Crippen molar-refractivity contribution in [3.8, 4) is 6.07 Å². The molecule has 7 heteroatoms. The molecule has 3 nitrogen and oxygen atoms in total. The van der Waals surface area contributed by atoms with Crippen molar-refractivity contribution in [2.45, 2.75) is 6.18 Å². The summed E-state index contributed by atoms with van der Waals surface area (Å²) in [5.74, 6) is 0. The van der Waals surface area contributed by atoms with E-state index in [1.807, 2.05) is 0 Å². The summed E-state index contributed by atoms with van der Waals surface area (Å²) in [4.78, 5) is 0. The van der Waals surface area contributed by atoms with Crippen molar-refractivity contribution in [2.24, 2.45) is 0 Å². The molecule has 21 heavy (non-hydrogen) atoms. The number of rotatable bonds is 2. The SMILES string of the molecule is N#Cc1ccc(Nc2c(N)cccc2Cl)cc1C(F)(F)F. The van der Waals surface area contributed by atoms with Gasteiger partial charge in [-0.05, 0) is 30.3 Å². The Bertz CT molecular complexity index is 700. The van der Waals surface area contributed by atoms with Gasteiger partial charge in [0, 0.05) is 5.69 Å². The summed E-state index contributed by atoms with van der Waals surface area (Å²) < 4.78 is 38.6. The molecular weight excluding hydrogens is 303 g/mol. The number of nitrogens with zero attached hydrogens (tertiary/aromatic N) is 1. The Morgan fingerprint density at radius 1 is 1.19 bits per heavy atom. The summed E-state index contributed by atoms with van der Waals surface area (Å²) >= 11 is 5.95. The van der Waals surface area contributed by atoms with Crippen LogP contribution < -0.4 is 11.1 Å². The number of halogens is 4. The van der Waals surface area contributed by atoms with Crippen molar-refractivity contribution < 1.29 is 13.2 Å². The summed E-state index contributed by atoms with van der Waals surface area (Å²) in [5.41, 5.74) is 5.03. The predicted molar refractivity (Wildman–Crippen MR) is 75.3 cm³/mol. The molecule has 0 spiro atoms. The summed E-state index contributed by atoms with van der Waals surface area (Å²) in [5, 5.41) is 11.8. The first-order valence-corrected chi connectivity index (χ1v) is 6.13. The van der Waals surface area contributed by atoms with Crippen LogP contribution in [0.4, 0.5) is 30.2 Å². The zero-order valence-corrected chi connectivity index (χ0v) is 11.3. The molecular formula is C14H9ClF3N3. The molecule has 0 radical (unpaired) electrons. The molecule has 0 unspecified atom stereocenters. The Balaban J connectivity index is 2.45. The molecule has 0 heterocycles. The molecule has 0 fully saturated rings. The lowest BCUT2D eigenvalue weighted by atomic mass is 10.1. The highest BCUT2D eigenvalue weighted by Gasteiger charge is 2.33. The second kappa shape index (κ2) is 5.54. The molecule has 108 valence electrons. The highest BCUT2D eigenvalue weighted by molar-refractivity contribution is 6.34. The molecule has 3 N–H and O–H groups in total. The molecule has 2 aromatic carbocycles. The van der Waals surface area contributed by atoms with Gasteiger partial charge < -0.3 is 11.1 Å². The van der Waals surface area contributed by atoms with Crippen LogP contribution in [0.15, 0.2) is 36.4 Å². The molecule has 0 aromatic heterocycles. The third kappa shape index (κ3) is 3.20. The topological polar surface area (TPSA) is 61.8 Å². The van der Waals surface area contributed by atoms with Gasteiger partial charge in [-0.3, -0.25) is 0 Å². The van der Waals surface area contributed by atoms with E-state index < -0.39 is 17.3 Å². The maximum atomic E-state index is 12.9. The third-order valence-corrected chi connectivity index (χ3v) is 3.08. The standard InChI is InChI=1S/C14H9ClF3N3/c15-11-2-1-3-12(20)13(11)21-9-5-4-8(7-19)10(6-9)14(16,17)18/h1-6,21H,20H2. The number of hydrogen-bond acceptors (Lipinski definition) is 3. The van der Waals surface area contributed by atoms with E-state index in [-0.39, 0.29) is 10.7 Å². The molecule has 2 aromatic rings. The highest BCUT2D eigenvalue weighted by atomic mass is 35.5. The van der Waals surface area contributed by atoms with Gasteiger partial charge in [0.25, 0.3) is 0 Å². The summed E-state index contributed by atoms with van der Waals surface area (Å²) in [6.45, 7) is 0. The fourth-order valence-corrected chi connectivity index (χ4v) is 2.00. The minimum atomic E-state index is -4.62. The van der Waals surface area contributed by atoms with Crippen LogP contribution in [0, 0.1) is 11.3 Å². The molecule has 0 aliphatic carbocycles. The molecule has 0 bridgehead atoms. The Morgan fingerprint density at radius 2 is 1.90 bits per heavy atom. The van der Waals surface area contributed by atoms with Crippen molar-refractivity contribution in [1.29, 1.82) is 5.26 Å². The number of para-hydroxylation sites is 1. The van der Waals surface area contributed by atoms with Gasteiger partial charge in [0.05, 0.1) is 33.6 Å². The van der Waals surface area contributed by atoms with Crippen molar-refractivity contribution in [2.75, 3.05) is 11.1 Å². The summed E-state index contributed by atoms with van der Waals surface area (Å²) in [6.07, 6.45) is -4.62. The smallest absolute Gasteiger partial charge is 0.397 e. The van der Waals surface area contributed by atoms with Gasteiger partial charge in [0.2, 0.25) is 0 Å². The fraction of sp³-hybridized carbons (Fsp3) is 0.0714. The predicted octanol–water partition coefficient (Wildman–Crippen LogP) is 4.56. The highest BCUT2D eigenvalue weighted by Crippen LogP contribution is 2.36. The monoisotopic (exact) mass is 311 g/mol. The van der Waals surface area contributed by atoms with Crippen LogP contribution in [0.25, 0.3) is 0 Å². The maximum absolute atomic E-state index is 12.9. The van der Waals surface area contributed by atoms with Crippen LogP contribution in [0.5, 0.6) is 0 Å². The summed E-state index contributed by atoms with van der Waals surface area (Å²) in [6, 6.07) is 9.58. The van der Waals surface area contributed by atoms with Crippen molar-refractivity contribution in [3.05, 3.63) is 52.5 Å². The zero-order chi connectivity index (χ0) is 15.6. The van der Waals surface area contributed by atoms with Crippen molar-refractivity contribution >= 4 is 28.7 Å². The van der Waals surface area contributed by atoms with Crippen LogP contribution in [0.1, 0.15) is 11.1 Å². The van der Waals surface area contributed by atoms with E-state index in [0.717, 1.165) is 12.1 Å². The van der Waals surface area contributed by atoms with Crippen molar-refractivity contribution in [3.63, 3.8) is 0 Å². The Kier molecular flexibility index (Phi) is 3.96. The lowest BCUT2D eigenvalue weighted by Gasteiger charge is -2.14. The van der Waals surface area contributed by atoms with Gasteiger partial charge in [0.15, 0.2) is 0 Å². The first kappa shape index (κ1) is 15.0. The number of anilines is 3. The molecule has 0 aliphatic heterocycles. The van der Waals surface area contributed by atoms with Crippen LogP contribution in [-0.4, -0.2) is 0 Å². The largest absolute Gasteiger partial charge is 0.417 e. The van der Waals surface area contributed by atoms with Crippen LogP contribution in [0.3, 0.4) is 0 Å². The van der Waals surface area contributed by atoms with Crippen LogP contribution in [0.2, 0.25) is 5.02 Å². The van der Waals surface area contributed by atoms with E-state index in [2.05, 4.69) is 5.32 Å².